The summed E-state index contributed by atoms with van der Waals surface area (Å²) in [6, 6.07) is 0. The van der Waals surface area contributed by atoms with Crippen molar-refractivity contribution in [2.45, 2.75) is 45.6 Å². The lowest BCUT2D eigenvalue weighted by Crippen LogP contribution is -2.27. The van der Waals surface area contributed by atoms with Gasteiger partial charge >= 0.3 is 0 Å². The lowest BCUT2D eigenvalue weighted by Gasteiger charge is -2.18. The normalized spacial score (nSPS) is 25.6. The predicted octanol–water partition coefficient (Wildman–Crippen LogP) is 3.07. The van der Waals surface area contributed by atoms with Gasteiger partial charge in [0.05, 0.1) is 12.7 Å². The maximum absolute atomic E-state index is 6.05. The van der Waals surface area contributed by atoms with Crippen LogP contribution < -0.4 is 0 Å². The third kappa shape index (κ3) is 6.05. The fraction of sp³-hybridized carbons (Fsp3) is 1.00. The zero-order chi connectivity index (χ0) is 12.5. The SMILES string of the molecule is CCCCOC[C@H]1CN(Cl)CC1OCCCC. The van der Waals surface area contributed by atoms with Gasteiger partial charge < -0.3 is 9.47 Å². The molecule has 0 spiro atoms. The standard InChI is InChI=1S/C13H26ClNO2/c1-3-5-7-16-11-12-9-15(14)10-13(12)17-8-6-4-2/h12-13H,3-11H2,1-2H3/t12-,13?/m1/s1. The van der Waals surface area contributed by atoms with Crippen LogP contribution in [-0.4, -0.2) is 43.4 Å². The Bertz CT molecular complexity index is 192. The summed E-state index contributed by atoms with van der Waals surface area (Å²) in [6.07, 6.45) is 4.87. The summed E-state index contributed by atoms with van der Waals surface area (Å²) in [4.78, 5) is 0. The summed E-state index contributed by atoms with van der Waals surface area (Å²) in [7, 11) is 0. The molecule has 0 saturated carbocycles. The molecule has 0 amide bonds. The number of hydrogen-bond donors (Lipinski definition) is 0. The Morgan fingerprint density at radius 2 is 1.82 bits per heavy atom. The molecule has 1 saturated heterocycles. The molecule has 0 aliphatic carbocycles. The Kier molecular flexibility index (Phi) is 8.19. The van der Waals surface area contributed by atoms with Gasteiger partial charge in [-0.2, -0.15) is 0 Å². The van der Waals surface area contributed by atoms with Crippen LogP contribution in [0, 0.1) is 5.92 Å². The smallest absolute Gasteiger partial charge is 0.0778 e. The molecule has 1 aliphatic rings. The average molecular weight is 264 g/mol. The molecule has 0 bridgehead atoms. The van der Waals surface area contributed by atoms with Crippen molar-refractivity contribution in [3.63, 3.8) is 0 Å². The van der Waals surface area contributed by atoms with Crippen LogP contribution in [0.15, 0.2) is 0 Å². The molecule has 1 unspecified atom stereocenters. The van der Waals surface area contributed by atoms with E-state index in [-0.39, 0.29) is 6.10 Å². The number of unbranched alkanes of at least 4 members (excludes halogenated alkanes) is 2. The summed E-state index contributed by atoms with van der Waals surface area (Å²) in [5.74, 6) is 0.432. The van der Waals surface area contributed by atoms with Gasteiger partial charge in [-0.1, -0.05) is 26.7 Å². The summed E-state index contributed by atoms with van der Waals surface area (Å²) >= 11 is 6.05. The van der Waals surface area contributed by atoms with Gasteiger partial charge in [-0.15, -0.1) is 0 Å². The maximum atomic E-state index is 6.05. The number of halogens is 1. The van der Waals surface area contributed by atoms with Crippen molar-refractivity contribution in [1.82, 2.24) is 4.42 Å². The van der Waals surface area contributed by atoms with Crippen LogP contribution >= 0.6 is 11.8 Å². The van der Waals surface area contributed by atoms with Gasteiger partial charge in [0.25, 0.3) is 0 Å². The summed E-state index contributed by atoms with van der Waals surface area (Å²) in [6.45, 7) is 8.54. The van der Waals surface area contributed by atoms with E-state index in [1.807, 2.05) is 4.42 Å². The van der Waals surface area contributed by atoms with Gasteiger partial charge in [-0.05, 0) is 24.6 Å². The first-order chi connectivity index (χ1) is 8.27. The second-order valence-electron chi connectivity index (χ2n) is 4.78. The van der Waals surface area contributed by atoms with Gasteiger partial charge in [-0.3, -0.25) is 0 Å². The minimum atomic E-state index is 0.251. The fourth-order valence-corrected chi connectivity index (χ4v) is 2.31. The zero-order valence-corrected chi connectivity index (χ0v) is 11.9. The third-order valence-corrected chi connectivity index (χ3v) is 3.42. The molecule has 102 valence electrons. The van der Waals surface area contributed by atoms with Crippen molar-refractivity contribution < 1.29 is 9.47 Å². The number of rotatable bonds is 9. The van der Waals surface area contributed by atoms with E-state index in [4.69, 9.17) is 21.3 Å². The van der Waals surface area contributed by atoms with E-state index in [1.165, 1.54) is 12.8 Å². The Hall–Kier alpha value is 0.170. The first-order valence-electron chi connectivity index (χ1n) is 6.88. The van der Waals surface area contributed by atoms with Crippen molar-refractivity contribution in [3.05, 3.63) is 0 Å². The molecule has 1 aliphatic heterocycles. The van der Waals surface area contributed by atoms with E-state index >= 15 is 0 Å². The lowest BCUT2D eigenvalue weighted by molar-refractivity contribution is 0.000284. The van der Waals surface area contributed by atoms with Crippen molar-refractivity contribution in [2.24, 2.45) is 5.92 Å². The van der Waals surface area contributed by atoms with Crippen LogP contribution in [0.5, 0.6) is 0 Å². The van der Waals surface area contributed by atoms with Crippen molar-refractivity contribution in [3.8, 4) is 0 Å². The van der Waals surface area contributed by atoms with Gasteiger partial charge in [-0.25, -0.2) is 4.42 Å². The Balaban J connectivity index is 2.19. The van der Waals surface area contributed by atoms with E-state index in [9.17, 15) is 0 Å². The highest BCUT2D eigenvalue weighted by Gasteiger charge is 2.32. The second kappa shape index (κ2) is 9.15. The molecular formula is C13H26ClNO2. The van der Waals surface area contributed by atoms with Crippen LogP contribution in [-0.2, 0) is 9.47 Å². The van der Waals surface area contributed by atoms with E-state index in [0.717, 1.165) is 45.8 Å². The summed E-state index contributed by atoms with van der Waals surface area (Å²) < 4.78 is 13.4. The van der Waals surface area contributed by atoms with E-state index in [2.05, 4.69) is 13.8 Å². The minimum absolute atomic E-state index is 0.251. The Morgan fingerprint density at radius 3 is 2.53 bits per heavy atom. The Morgan fingerprint density at radius 1 is 1.12 bits per heavy atom. The van der Waals surface area contributed by atoms with Crippen molar-refractivity contribution >= 4 is 11.8 Å². The van der Waals surface area contributed by atoms with Gasteiger partial charge in [0.1, 0.15) is 0 Å². The molecule has 0 aromatic heterocycles. The summed E-state index contributed by atoms with van der Waals surface area (Å²) in [5.41, 5.74) is 0. The number of hydrogen-bond acceptors (Lipinski definition) is 3. The highest BCUT2D eigenvalue weighted by Crippen LogP contribution is 2.22. The molecule has 0 N–H and O–H groups in total. The molecule has 1 fully saturated rings. The molecule has 3 nitrogen and oxygen atoms in total. The van der Waals surface area contributed by atoms with E-state index in [0.29, 0.717) is 5.92 Å². The van der Waals surface area contributed by atoms with Crippen LogP contribution in [0.4, 0.5) is 0 Å². The van der Waals surface area contributed by atoms with Crippen molar-refractivity contribution in [1.29, 1.82) is 0 Å². The van der Waals surface area contributed by atoms with Gasteiger partial charge in [0, 0.05) is 32.2 Å². The van der Waals surface area contributed by atoms with Crippen LogP contribution in [0.3, 0.4) is 0 Å². The van der Waals surface area contributed by atoms with E-state index in [1.54, 1.807) is 0 Å². The molecule has 4 heteroatoms. The molecule has 0 aromatic rings. The quantitative estimate of drug-likeness (QED) is 0.471. The van der Waals surface area contributed by atoms with Crippen LogP contribution in [0.1, 0.15) is 39.5 Å². The van der Waals surface area contributed by atoms with Gasteiger partial charge in [0.2, 0.25) is 0 Å². The Labute approximate surface area is 111 Å². The number of nitrogens with zero attached hydrogens (tertiary/aromatic N) is 1. The minimum Gasteiger partial charge on any atom is -0.381 e. The first-order valence-corrected chi connectivity index (χ1v) is 7.21. The molecule has 1 heterocycles. The monoisotopic (exact) mass is 263 g/mol. The fourth-order valence-electron chi connectivity index (χ4n) is 2.00. The largest absolute Gasteiger partial charge is 0.381 e. The molecule has 1 rings (SSSR count). The lowest BCUT2D eigenvalue weighted by atomic mass is 10.1. The highest BCUT2D eigenvalue weighted by atomic mass is 35.5. The zero-order valence-electron chi connectivity index (χ0n) is 11.2. The highest BCUT2D eigenvalue weighted by molar-refractivity contribution is 6.13. The topological polar surface area (TPSA) is 21.7 Å². The average Bonchev–Trinajstić information content (AvgIpc) is 2.66. The third-order valence-electron chi connectivity index (χ3n) is 3.14. The summed E-state index contributed by atoms with van der Waals surface area (Å²) in [5, 5.41) is 0. The van der Waals surface area contributed by atoms with Gasteiger partial charge in [0.15, 0.2) is 0 Å². The maximum Gasteiger partial charge on any atom is 0.0778 e. The van der Waals surface area contributed by atoms with Crippen molar-refractivity contribution in [2.75, 3.05) is 32.9 Å². The van der Waals surface area contributed by atoms with E-state index < -0.39 is 0 Å². The molecular weight excluding hydrogens is 238 g/mol. The van der Waals surface area contributed by atoms with Crippen LogP contribution in [0.2, 0.25) is 0 Å². The molecule has 2 atom stereocenters. The first kappa shape index (κ1) is 15.2. The van der Waals surface area contributed by atoms with Crippen LogP contribution in [0.25, 0.3) is 0 Å². The molecule has 0 radical (unpaired) electrons. The molecule has 0 aromatic carbocycles. The predicted molar refractivity (Wildman–Crippen MR) is 71.3 cm³/mol. The number of ether oxygens (including phenoxy) is 2. The second-order valence-corrected chi connectivity index (χ2v) is 5.26. The molecule has 17 heavy (non-hydrogen) atoms.